The summed E-state index contributed by atoms with van der Waals surface area (Å²) in [5.41, 5.74) is 1.93. The summed E-state index contributed by atoms with van der Waals surface area (Å²) in [4.78, 5) is 16.1. The third-order valence-electron chi connectivity index (χ3n) is 2.44. The molecule has 0 atom stereocenters. The fraction of sp³-hybridized carbons (Fsp3) is 0.0833. The average molecular weight is 319 g/mol. The van der Waals surface area contributed by atoms with Gasteiger partial charge < -0.3 is 5.11 Å². The Hall–Kier alpha value is -2.26. The minimum absolute atomic E-state index is 0.305. The monoisotopic (exact) mass is 319 g/mol. The van der Waals surface area contributed by atoms with Gasteiger partial charge in [-0.15, -0.1) is 21.5 Å². The molecule has 0 bridgehead atoms. The number of hydrogen-bond donors (Lipinski definition) is 1. The smallest absolute Gasteiger partial charge is 0.327 e. The topological polar surface area (TPSA) is 93.8 Å². The maximum absolute atomic E-state index is 10.6. The van der Waals surface area contributed by atoms with Crippen LogP contribution in [0, 0.1) is 0 Å². The van der Waals surface area contributed by atoms with Gasteiger partial charge in [0.2, 0.25) is 5.16 Å². The Balaban J connectivity index is 1.73. The van der Waals surface area contributed by atoms with Crippen molar-refractivity contribution in [1.82, 2.24) is 25.2 Å². The average Bonchev–Trinajstić information content (AvgIpc) is 3.09. The van der Waals surface area contributed by atoms with Crippen LogP contribution < -0.4 is 0 Å². The van der Waals surface area contributed by atoms with Gasteiger partial charge in [0.05, 0.1) is 5.69 Å². The second-order valence-electron chi connectivity index (χ2n) is 3.96. The molecule has 0 aliphatic rings. The standard InChI is InChI=1S/C12H9N5O2S2/c18-10(19)6-17-15-11(14-16-17)21-12-13-9(7-20-12)8-4-2-1-3-5-8/h1-5,7H,6H2,(H,18,19). The number of rotatable bonds is 5. The van der Waals surface area contributed by atoms with Crippen LogP contribution in [0.5, 0.6) is 0 Å². The van der Waals surface area contributed by atoms with Crippen LogP contribution in [0.15, 0.2) is 45.2 Å². The highest BCUT2D eigenvalue weighted by Crippen LogP contribution is 2.30. The van der Waals surface area contributed by atoms with Gasteiger partial charge in [-0.3, -0.25) is 4.79 Å². The molecule has 0 amide bonds. The lowest BCUT2D eigenvalue weighted by atomic mass is 10.2. The van der Waals surface area contributed by atoms with E-state index in [1.54, 1.807) is 0 Å². The number of aromatic nitrogens is 5. The Morgan fingerprint density at radius 1 is 1.33 bits per heavy atom. The second kappa shape index (κ2) is 6.02. The van der Waals surface area contributed by atoms with Crippen LogP contribution in [0.3, 0.4) is 0 Å². The molecule has 0 saturated carbocycles. The van der Waals surface area contributed by atoms with Gasteiger partial charge in [0.25, 0.3) is 0 Å². The minimum atomic E-state index is -1.01. The van der Waals surface area contributed by atoms with E-state index in [1.165, 1.54) is 23.1 Å². The van der Waals surface area contributed by atoms with E-state index in [-0.39, 0.29) is 6.54 Å². The van der Waals surface area contributed by atoms with Gasteiger partial charge in [-0.1, -0.05) is 30.3 Å². The number of carboxylic acids is 1. The zero-order valence-electron chi connectivity index (χ0n) is 10.6. The quantitative estimate of drug-likeness (QED) is 0.769. The molecule has 2 aromatic heterocycles. The maximum Gasteiger partial charge on any atom is 0.327 e. The Morgan fingerprint density at radius 3 is 2.90 bits per heavy atom. The third kappa shape index (κ3) is 3.44. The molecule has 0 fully saturated rings. The molecule has 9 heteroatoms. The first-order valence-electron chi connectivity index (χ1n) is 5.89. The number of nitrogens with zero attached hydrogens (tertiary/aromatic N) is 5. The lowest BCUT2D eigenvalue weighted by molar-refractivity contribution is -0.138. The predicted octanol–water partition coefficient (Wildman–Crippen LogP) is 2.03. The van der Waals surface area contributed by atoms with E-state index >= 15 is 0 Å². The Labute approximate surface area is 127 Å². The van der Waals surface area contributed by atoms with Crippen molar-refractivity contribution in [1.29, 1.82) is 0 Å². The Kier molecular flexibility index (Phi) is 3.93. The first kappa shape index (κ1) is 13.7. The van der Waals surface area contributed by atoms with Crippen LogP contribution in [0.1, 0.15) is 0 Å². The summed E-state index contributed by atoms with van der Waals surface area (Å²) < 4.78 is 0.781. The van der Waals surface area contributed by atoms with Crippen molar-refractivity contribution in [3.05, 3.63) is 35.7 Å². The van der Waals surface area contributed by atoms with Gasteiger partial charge in [-0.25, -0.2) is 4.98 Å². The van der Waals surface area contributed by atoms with Crippen molar-refractivity contribution in [2.75, 3.05) is 0 Å². The largest absolute Gasteiger partial charge is 0.480 e. The zero-order chi connectivity index (χ0) is 14.7. The van der Waals surface area contributed by atoms with E-state index in [0.29, 0.717) is 5.16 Å². The number of carboxylic acid groups (broad SMARTS) is 1. The van der Waals surface area contributed by atoms with Gasteiger partial charge in [0.1, 0.15) is 0 Å². The molecule has 21 heavy (non-hydrogen) atoms. The minimum Gasteiger partial charge on any atom is -0.480 e. The molecule has 0 saturated heterocycles. The van der Waals surface area contributed by atoms with Crippen LogP contribution in [0.4, 0.5) is 0 Å². The molecule has 0 spiro atoms. The SMILES string of the molecule is O=C(O)Cn1nnc(Sc2nc(-c3ccccc3)cs2)n1. The van der Waals surface area contributed by atoms with E-state index in [2.05, 4.69) is 20.4 Å². The lowest BCUT2D eigenvalue weighted by Crippen LogP contribution is -2.11. The number of thiazole rings is 1. The van der Waals surface area contributed by atoms with Crippen molar-refractivity contribution in [3.63, 3.8) is 0 Å². The molecule has 2 heterocycles. The number of hydrogen-bond acceptors (Lipinski definition) is 7. The summed E-state index contributed by atoms with van der Waals surface area (Å²) in [6, 6.07) is 9.85. The van der Waals surface area contributed by atoms with Crippen LogP contribution in [-0.4, -0.2) is 36.3 Å². The molecule has 1 N–H and O–H groups in total. The fourth-order valence-corrected chi connectivity index (χ4v) is 3.21. The van der Waals surface area contributed by atoms with Gasteiger partial charge in [0, 0.05) is 10.9 Å². The molecule has 3 rings (SSSR count). The van der Waals surface area contributed by atoms with Crippen molar-refractivity contribution >= 4 is 29.1 Å². The third-order valence-corrected chi connectivity index (χ3v) is 4.23. The highest BCUT2D eigenvalue weighted by Gasteiger charge is 2.11. The van der Waals surface area contributed by atoms with E-state index in [0.717, 1.165) is 20.4 Å². The summed E-state index contributed by atoms with van der Waals surface area (Å²) in [5.74, 6) is -1.01. The maximum atomic E-state index is 10.6. The second-order valence-corrected chi connectivity index (χ2v) is 6.04. The molecule has 1 aromatic carbocycles. The molecular weight excluding hydrogens is 310 g/mol. The highest BCUT2D eigenvalue weighted by atomic mass is 32.2. The van der Waals surface area contributed by atoms with Crippen molar-refractivity contribution in [3.8, 4) is 11.3 Å². The van der Waals surface area contributed by atoms with Crippen LogP contribution in [0.25, 0.3) is 11.3 Å². The first-order valence-corrected chi connectivity index (χ1v) is 7.59. The van der Waals surface area contributed by atoms with Crippen LogP contribution >= 0.6 is 23.1 Å². The number of tetrazole rings is 1. The summed E-state index contributed by atoms with van der Waals surface area (Å²) >= 11 is 2.74. The lowest BCUT2D eigenvalue weighted by Gasteiger charge is -1.93. The van der Waals surface area contributed by atoms with E-state index < -0.39 is 5.97 Å². The fourth-order valence-electron chi connectivity index (χ4n) is 1.58. The Bertz CT molecular complexity index is 756. The van der Waals surface area contributed by atoms with Gasteiger partial charge >= 0.3 is 5.97 Å². The highest BCUT2D eigenvalue weighted by molar-refractivity contribution is 8.00. The van der Waals surface area contributed by atoms with Gasteiger partial charge in [0.15, 0.2) is 10.9 Å². The van der Waals surface area contributed by atoms with E-state index in [9.17, 15) is 4.79 Å². The molecule has 106 valence electrons. The Morgan fingerprint density at radius 2 is 2.14 bits per heavy atom. The van der Waals surface area contributed by atoms with Gasteiger partial charge in [-0.2, -0.15) is 4.80 Å². The molecule has 7 nitrogen and oxygen atoms in total. The number of aliphatic carboxylic acids is 1. The molecule has 0 unspecified atom stereocenters. The summed E-state index contributed by atoms with van der Waals surface area (Å²) in [7, 11) is 0. The van der Waals surface area contributed by atoms with Crippen LogP contribution in [0.2, 0.25) is 0 Å². The molecule has 3 aromatic rings. The summed E-state index contributed by atoms with van der Waals surface area (Å²) in [6.45, 7) is -0.305. The van der Waals surface area contributed by atoms with Crippen LogP contribution in [-0.2, 0) is 11.3 Å². The molecule has 0 radical (unpaired) electrons. The number of benzene rings is 1. The predicted molar refractivity (Wildman–Crippen MR) is 77.1 cm³/mol. The zero-order valence-corrected chi connectivity index (χ0v) is 12.2. The van der Waals surface area contributed by atoms with Gasteiger partial charge in [-0.05, 0) is 17.0 Å². The molecular formula is C12H9N5O2S2. The number of carbonyl (C=O) groups is 1. The van der Waals surface area contributed by atoms with Crippen molar-refractivity contribution in [2.45, 2.75) is 16.0 Å². The first-order chi connectivity index (χ1) is 10.2. The van der Waals surface area contributed by atoms with Crippen molar-refractivity contribution < 1.29 is 9.90 Å². The molecule has 0 aliphatic heterocycles. The summed E-state index contributed by atoms with van der Waals surface area (Å²) in [5, 5.41) is 22.4. The van der Waals surface area contributed by atoms with Crippen molar-refractivity contribution in [2.24, 2.45) is 0 Å². The summed E-state index contributed by atoms with van der Waals surface area (Å²) in [6.07, 6.45) is 0. The normalized spacial score (nSPS) is 10.7. The molecule has 0 aliphatic carbocycles. The van der Waals surface area contributed by atoms with E-state index in [1.807, 2.05) is 35.7 Å². The van der Waals surface area contributed by atoms with E-state index in [4.69, 9.17) is 5.11 Å².